The van der Waals surface area contributed by atoms with Crippen molar-refractivity contribution >= 4 is 27.3 Å². The van der Waals surface area contributed by atoms with Crippen LogP contribution in [-0.4, -0.2) is 44.3 Å². The van der Waals surface area contributed by atoms with E-state index in [-0.39, 0.29) is 6.10 Å². The van der Waals surface area contributed by atoms with Gasteiger partial charge < -0.3 is 10.1 Å². The first-order valence-corrected chi connectivity index (χ1v) is 7.66. The molecule has 0 saturated carbocycles. The van der Waals surface area contributed by atoms with Gasteiger partial charge in [0.1, 0.15) is 0 Å². The maximum atomic E-state index is 5.91. The van der Waals surface area contributed by atoms with Gasteiger partial charge in [-0.1, -0.05) is 6.92 Å². The zero-order chi connectivity index (χ0) is 12.3. The third-order valence-corrected chi connectivity index (χ3v) is 4.84. The molecule has 2 rings (SSSR count). The minimum atomic E-state index is 0.249. The largest absolute Gasteiger partial charge is 0.374 e. The molecule has 3 nitrogen and oxygen atoms in total. The highest BCUT2D eigenvalue weighted by atomic mass is 79.9. The number of thiophene rings is 1. The van der Waals surface area contributed by atoms with Gasteiger partial charge in [-0.15, -0.1) is 11.3 Å². The predicted molar refractivity (Wildman–Crippen MR) is 75.7 cm³/mol. The van der Waals surface area contributed by atoms with Crippen molar-refractivity contribution in [3.63, 3.8) is 0 Å². The van der Waals surface area contributed by atoms with Crippen molar-refractivity contribution in [2.75, 3.05) is 33.3 Å². The van der Waals surface area contributed by atoms with Crippen LogP contribution in [0.25, 0.3) is 0 Å². The van der Waals surface area contributed by atoms with Gasteiger partial charge in [0.05, 0.1) is 18.8 Å². The van der Waals surface area contributed by atoms with E-state index in [1.165, 1.54) is 9.35 Å². The summed E-state index contributed by atoms with van der Waals surface area (Å²) in [5.41, 5.74) is 0. The molecule has 2 unspecified atom stereocenters. The first-order valence-electron chi connectivity index (χ1n) is 5.99. The van der Waals surface area contributed by atoms with Crippen LogP contribution in [0.4, 0.5) is 0 Å². The summed E-state index contributed by atoms with van der Waals surface area (Å²) in [5, 5.41) is 5.53. The van der Waals surface area contributed by atoms with Crippen molar-refractivity contribution in [3.8, 4) is 0 Å². The molecule has 1 aliphatic heterocycles. The summed E-state index contributed by atoms with van der Waals surface area (Å²) in [4.78, 5) is 3.77. The molecule has 1 N–H and O–H groups in total. The van der Waals surface area contributed by atoms with E-state index in [1.807, 2.05) is 0 Å². The van der Waals surface area contributed by atoms with E-state index in [4.69, 9.17) is 4.74 Å². The first-order chi connectivity index (χ1) is 8.22. The molecular formula is C12H19BrN2OS. The Labute approximate surface area is 115 Å². The standard InChI is InChI=1S/C12H19BrN2OS/c1-3-14-7-10-12(15(2)4-5-16-10)11-6-9(13)8-17-11/h6,8,10,12,14H,3-5,7H2,1-2H3. The number of ether oxygens (including phenoxy) is 1. The van der Waals surface area contributed by atoms with Crippen molar-refractivity contribution in [2.45, 2.75) is 19.1 Å². The summed E-state index contributed by atoms with van der Waals surface area (Å²) in [5.74, 6) is 0. The van der Waals surface area contributed by atoms with Gasteiger partial charge in [-0.3, -0.25) is 4.90 Å². The van der Waals surface area contributed by atoms with Crippen LogP contribution >= 0.6 is 27.3 Å². The lowest BCUT2D eigenvalue weighted by atomic mass is 10.1. The molecule has 1 saturated heterocycles. The van der Waals surface area contributed by atoms with Crippen molar-refractivity contribution in [2.24, 2.45) is 0 Å². The van der Waals surface area contributed by atoms with Gasteiger partial charge in [0.25, 0.3) is 0 Å². The second-order valence-electron chi connectivity index (χ2n) is 4.31. The molecule has 0 radical (unpaired) electrons. The zero-order valence-corrected chi connectivity index (χ0v) is 12.7. The van der Waals surface area contributed by atoms with Crippen molar-refractivity contribution < 1.29 is 4.74 Å². The fourth-order valence-electron chi connectivity index (χ4n) is 2.20. The van der Waals surface area contributed by atoms with E-state index in [0.29, 0.717) is 6.04 Å². The van der Waals surface area contributed by atoms with E-state index < -0.39 is 0 Å². The van der Waals surface area contributed by atoms with Crippen LogP contribution in [0.1, 0.15) is 17.8 Å². The summed E-state index contributed by atoms with van der Waals surface area (Å²) in [7, 11) is 2.18. The van der Waals surface area contributed by atoms with Gasteiger partial charge in [-0.05, 0) is 35.6 Å². The zero-order valence-electron chi connectivity index (χ0n) is 10.3. The molecular weight excluding hydrogens is 300 g/mol. The molecule has 5 heteroatoms. The van der Waals surface area contributed by atoms with Crippen LogP contribution in [0, 0.1) is 0 Å². The van der Waals surface area contributed by atoms with E-state index >= 15 is 0 Å². The monoisotopic (exact) mass is 318 g/mol. The summed E-state index contributed by atoms with van der Waals surface area (Å²) in [6.07, 6.45) is 0.249. The molecule has 0 spiro atoms. The van der Waals surface area contributed by atoms with Crippen molar-refractivity contribution in [1.82, 2.24) is 10.2 Å². The lowest BCUT2D eigenvalue weighted by Crippen LogP contribution is -2.47. The summed E-state index contributed by atoms with van der Waals surface area (Å²) >= 11 is 5.33. The van der Waals surface area contributed by atoms with Gasteiger partial charge in [0, 0.05) is 27.8 Å². The SMILES string of the molecule is CCNCC1OCCN(C)C1c1cc(Br)cs1. The Morgan fingerprint density at radius 1 is 1.65 bits per heavy atom. The van der Waals surface area contributed by atoms with Crippen molar-refractivity contribution in [3.05, 3.63) is 20.8 Å². The van der Waals surface area contributed by atoms with Gasteiger partial charge >= 0.3 is 0 Å². The number of hydrogen-bond donors (Lipinski definition) is 1. The Morgan fingerprint density at radius 3 is 3.12 bits per heavy atom. The Balaban J connectivity index is 2.12. The molecule has 0 aliphatic carbocycles. The maximum Gasteiger partial charge on any atom is 0.0904 e. The fourth-order valence-corrected chi connectivity index (χ4v) is 3.86. The number of rotatable bonds is 4. The minimum absolute atomic E-state index is 0.249. The molecule has 0 aromatic carbocycles. The quantitative estimate of drug-likeness (QED) is 0.923. The highest BCUT2D eigenvalue weighted by Gasteiger charge is 2.32. The van der Waals surface area contributed by atoms with Crippen LogP contribution in [0.2, 0.25) is 0 Å². The Kier molecular flexibility index (Phi) is 4.99. The molecule has 2 atom stereocenters. The van der Waals surface area contributed by atoms with Crippen LogP contribution < -0.4 is 5.32 Å². The summed E-state index contributed by atoms with van der Waals surface area (Å²) in [6, 6.07) is 2.58. The lowest BCUT2D eigenvalue weighted by Gasteiger charge is -2.38. The van der Waals surface area contributed by atoms with Crippen LogP contribution in [0.5, 0.6) is 0 Å². The maximum absolute atomic E-state index is 5.91. The lowest BCUT2D eigenvalue weighted by molar-refractivity contribution is -0.0600. The first kappa shape index (κ1) is 13.5. The second kappa shape index (κ2) is 6.29. The number of halogens is 1. The topological polar surface area (TPSA) is 24.5 Å². The number of nitrogens with one attached hydrogen (secondary N) is 1. The number of likely N-dealkylation sites (N-methyl/N-ethyl adjacent to an activating group) is 2. The molecule has 0 amide bonds. The normalized spacial score (nSPS) is 26.3. The second-order valence-corrected chi connectivity index (χ2v) is 6.17. The molecule has 1 aliphatic rings. The molecule has 2 heterocycles. The minimum Gasteiger partial charge on any atom is -0.374 e. The average molecular weight is 319 g/mol. The predicted octanol–water partition coefficient (Wildman–Crippen LogP) is 2.49. The number of hydrogen-bond acceptors (Lipinski definition) is 4. The molecule has 17 heavy (non-hydrogen) atoms. The number of nitrogens with zero attached hydrogens (tertiary/aromatic N) is 1. The van der Waals surface area contributed by atoms with Crippen LogP contribution in [0.3, 0.4) is 0 Å². The third-order valence-electron chi connectivity index (χ3n) is 3.08. The highest BCUT2D eigenvalue weighted by Crippen LogP contribution is 2.33. The van der Waals surface area contributed by atoms with Gasteiger partial charge in [0.2, 0.25) is 0 Å². The van der Waals surface area contributed by atoms with Crippen molar-refractivity contribution in [1.29, 1.82) is 0 Å². The van der Waals surface area contributed by atoms with E-state index in [0.717, 1.165) is 26.2 Å². The molecule has 96 valence electrons. The van der Waals surface area contributed by atoms with Gasteiger partial charge in [-0.25, -0.2) is 0 Å². The van der Waals surface area contributed by atoms with Crippen LogP contribution in [-0.2, 0) is 4.74 Å². The Bertz CT molecular complexity index is 358. The molecule has 1 fully saturated rings. The summed E-state index contributed by atoms with van der Waals surface area (Å²) in [6.45, 7) is 5.87. The smallest absolute Gasteiger partial charge is 0.0904 e. The molecule has 0 bridgehead atoms. The van der Waals surface area contributed by atoms with Crippen LogP contribution in [0.15, 0.2) is 15.9 Å². The molecule has 1 aromatic rings. The number of morpholine rings is 1. The average Bonchev–Trinajstić information content (AvgIpc) is 2.73. The van der Waals surface area contributed by atoms with E-state index in [1.54, 1.807) is 11.3 Å². The molecule has 1 aromatic heterocycles. The van der Waals surface area contributed by atoms with E-state index in [9.17, 15) is 0 Å². The van der Waals surface area contributed by atoms with Gasteiger partial charge in [-0.2, -0.15) is 0 Å². The van der Waals surface area contributed by atoms with E-state index in [2.05, 4.69) is 51.6 Å². The summed E-state index contributed by atoms with van der Waals surface area (Å²) < 4.78 is 7.08. The highest BCUT2D eigenvalue weighted by molar-refractivity contribution is 9.10. The Hall–Kier alpha value is 0.0600. The fraction of sp³-hybridized carbons (Fsp3) is 0.667. The van der Waals surface area contributed by atoms with Gasteiger partial charge in [0.15, 0.2) is 0 Å². The Morgan fingerprint density at radius 2 is 2.47 bits per heavy atom. The third kappa shape index (κ3) is 3.29.